The number of benzene rings is 4. The third-order valence-corrected chi connectivity index (χ3v) is 8.52. The topological polar surface area (TPSA) is 123 Å². The molecular weight excluding hydrogens is 606 g/mol. The fraction of sp³-hybridized carbons (Fsp3) is 0.188. The lowest BCUT2D eigenvalue weighted by Gasteiger charge is -2.34. The number of anilines is 2. The average molecular weight is 636 g/mol. The monoisotopic (exact) mass is 635 g/mol. The zero-order chi connectivity index (χ0) is 31.1. The number of carbonyl (C=O) groups is 2. The molecule has 2 N–H and O–H groups in total. The van der Waals surface area contributed by atoms with Crippen molar-refractivity contribution in [3.63, 3.8) is 0 Å². The predicted octanol–water partition coefficient (Wildman–Crippen LogP) is 4.68. The van der Waals surface area contributed by atoms with Crippen LogP contribution in [0.2, 0.25) is 5.02 Å². The highest BCUT2D eigenvalue weighted by atomic mass is 35.5. The number of nitrogens with zero attached hydrogens (tertiary/aromatic N) is 1. The van der Waals surface area contributed by atoms with Crippen LogP contribution in [0.4, 0.5) is 11.4 Å². The number of hydrogen-bond donors (Lipinski definition) is 2. The van der Waals surface area contributed by atoms with Crippen LogP contribution in [-0.2, 0) is 26.0 Å². The van der Waals surface area contributed by atoms with Gasteiger partial charge in [-0.15, -0.1) is 0 Å². The number of sulfonamides is 1. The smallest absolute Gasteiger partial charge is 0.265 e. The molecular formula is C32H30ClN3O7S. The first kappa shape index (κ1) is 30.7. The molecule has 0 saturated heterocycles. The van der Waals surface area contributed by atoms with Crippen LogP contribution in [0.3, 0.4) is 0 Å². The first-order valence-corrected chi connectivity index (χ1v) is 15.6. The largest absolute Gasteiger partial charge is 0.495 e. The number of amides is 2. The van der Waals surface area contributed by atoms with E-state index in [1.807, 2.05) is 30.3 Å². The molecule has 0 aromatic heterocycles. The second-order valence-electron chi connectivity index (χ2n) is 9.82. The molecule has 10 nitrogen and oxygen atoms in total. The Morgan fingerprint density at radius 2 is 1.70 bits per heavy atom. The van der Waals surface area contributed by atoms with Crippen LogP contribution < -0.4 is 29.1 Å². The molecule has 12 heteroatoms. The van der Waals surface area contributed by atoms with Gasteiger partial charge in [-0.05, 0) is 66.6 Å². The number of nitrogens with one attached hydrogen (secondary N) is 2. The minimum Gasteiger partial charge on any atom is -0.495 e. The van der Waals surface area contributed by atoms with Crippen molar-refractivity contribution in [3.8, 4) is 17.2 Å². The quantitative estimate of drug-likeness (QED) is 0.245. The molecule has 0 saturated carbocycles. The Kier molecular flexibility index (Phi) is 9.56. The van der Waals surface area contributed by atoms with Gasteiger partial charge in [0.25, 0.3) is 21.8 Å². The molecule has 0 spiro atoms. The zero-order valence-electron chi connectivity index (χ0n) is 23.7. The summed E-state index contributed by atoms with van der Waals surface area (Å²) in [7, 11) is -2.45. The molecule has 0 bridgehead atoms. The first-order valence-electron chi connectivity index (χ1n) is 13.7. The van der Waals surface area contributed by atoms with E-state index >= 15 is 0 Å². The van der Waals surface area contributed by atoms with Gasteiger partial charge < -0.3 is 24.4 Å². The van der Waals surface area contributed by atoms with E-state index in [1.165, 1.54) is 48.4 Å². The van der Waals surface area contributed by atoms with Crippen LogP contribution >= 0.6 is 11.6 Å². The summed E-state index contributed by atoms with van der Waals surface area (Å²) in [6.07, 6.45) is -0.236. The lowest BCUT2D eigenvalue weighted by Crippen LogP contribution is -2.52. The summed E-state index contributed by atoms with van der Waals surface area (Å²) >= 11 is 6.10. The van der Waals surface area contributed by atoms with E-state index in [0.29, 0.717) is 35.9 Å². The molecule has 1 unspecified atom stereocenters. The lowest BCUT2D eigenvalue weighted by atomic mass is 10.1. The Hall–Kier alpha value is -4.74. The SMILES string of the molecule is COc1ccc(NS(=O)(=O)c2ccc(OCC(=O)N3CC(C(=O)NCCc4ccccc4)Oc4ccccc43)cc2)cc1Cl. The van der Waals surface area contributed by atoms with Crippen LogP contribution in [-0.4, -0.2) is 53.1 Å². The summed E-state index contributed by atoms with van der Waals surface area (Å²) in [6.45, 7) is 0.0937. The highest BCUT2D eigenvalue weighted by Crippen LogP contribution is 2.33. The molecule has 44 heavy (non-hydrogen) atoms. The van der Waals surface area contributed by atoms with Crippen molar-refractivity contribution in [2.75, 3.05) is 36.4 Å². The molecule has 228 valence electrons. The zero-order valence-corrected chi connectivity index (χ0v) is 25.3. The highest BCUT2D eigenvalue weighted by Gasteiger charge is 2.33. The van der Waals surface area contributed by atoms with Gasteiger partial charge in [0.1, 0.15) is 17.2 Å². The summed E-state index contributed by atoms with van der Waals surface area (Å²) in [4.78, 5) is 27.7. The van der Waals surface area contributed by atoms with Crippen molar-refractivity contribution in [2.24, 2.45) is 0 Å². The number of hydrogen-bond acceptors (Lipinski definition) is 7. The number of ether oxygens (including phenoxy) is 3. The van der Waals surface area contributed by atoms with Gasteiger partial charge in [0, 0.05) is 6.54 Å². The van der Waals surface area contributed by atoms with Gasteiger partial charge in [-0.3, -0.25) is 14.3 Å². The Morgan fingerprint density at radius 3 is 2.43 bits per heavy atom. The van der Waals surface area contributed by atoms with Gasteiger partial charge >= 0.3 is 0 Å². The van der Waals surface area contributed by atoms with E-state index < -0.39 is 22.0 Å². The first-order chi connectivity index (χ1) is 21.2. The molecule has 1 atom stereocenters. The summed E-state index contributed by atoms with van der Waals surface area (Å²) in [5, 5.41) is 3.15. The second-order valence-corrected chi connectivity index (χ2v) is 11.9. The minimum atomic E-state index is -3.92. The van der Waals surface area contributed by atoms with Crippen molar-refractivity contribution in [1.82, 2.24) is 5.32 Å². The maximum atomic E-state index is 13.3. The van der Waals surface area contributed by atoms with E-state index in [0.717, 1.165) is 5.56 Å². The van der Waals surface area contributed by atoms with Crippen molar-refractivity contribution in [1.29, 1.82) is 0 Å². The number of methoxy groups -OCH3 is 1. The Balaban J connectivity index is 1.19. The van der Waals surface area contributed by atoms with Crippen LogP contribution in [0.1, 0.15) is 5.56 Å². The standard InChI is InChI=1S/C32H30ClN3O7S/c1-41-28-16-11-23(19-26(28)33)35-44(39,40)25-14-12-24(13-15-25)42-21-31(37)36-20-30(43-29-10-6-5-9-27(29)36)32(38)34-18-17-22-7-3-2-4-8-22/h2-16,19,30,35H,17-18,20-21H2,1H3,(H,34,38). The van der Waals surface area contributed by atoms with Gasteiger partial charge in [0.15, 0.2) is 12.7 Å². The fourth-order valence-electron chi connectivity index (χ4n) is 4.58. The summed E-state index contributed by atoms with van der Waals surface area (Å²) in [5.74, 6) is 0.412. The molecule has 4 aromatic carbocycles. The number of rotatable bonds is 11. The van der Waals surface area contributed by atoms with Gasteiger partial charge in [0.2, 0.25) is 0 Å². The summed E-state index contributed by atoms with van der Waals surface area (Å²) < 4.78 is 44.9. The summed E-state index contributed by atoms with van der Waals surface area (Å²) in [5.41, 5.74) is 1.90. The van der Waals surface area contributed by atoms with Crippen molar-refractivity contribution in [3.05, 3.63) is 108 Å². The molecule has 0 fully saturated rings. The van der Waals surface area contributed by atoms with E-state index in [-0.39, 0.29) is 34.7 Å². The van der Waals surface area contributed by atoms with Crippen LogP contribution in [0.5, 0.6) is 17.2 Å². The second kappa shape index (κ2) is 13.7. The van der Waals surface area contributed by atoms with Gasteiger partial charge in [-0.1, -0.05) is 54.1 Å². The number of fused-ring (bicyclic) bond motifs is 1. The maximum absolute atomic E-state index is 13.3. The third-order valence-electron chi connectivity index (χ3n) is 6.82. The van der Waals surface area contributed by atoms with Gasteiger partial charge in [0.05, 0.1) is 34.9 Å². The fourth-order valence-corrected chi connectivity index (χ4v) is 5.88. The van der Waals surface area contributed by atoms with Crippen molar-refractivity contribution >= 4 is 44.8 Å². The van der Waals surface area contributed by atoms with Crippen molar-refractivity contribution < 1.29 is 32.2 Å². The van der Waals surface area contributed by atoms with E-state index in [4.69, 9.17) is 25.8 Å². The van der Waals surface area contributed by atoms with E-state index in [1.54, 1.807) is 30.3 Å². The van der Waals surface area contributed by atoms with E-state index in [2.05, 4.69) is 10.0 Å². The van der Waals surface area contributed by atoms with Crippen LogP contribution in [0, 0.1) is 0 Å². The summed E-state index contributed by atoms with van der Waals surface area (Å²) in [6, 6.07) is 27.0. The Labute approximate surface area is 260 Å². The van der Waals surface area contributed by atoms with Gasteiger partial charge in [-0.25, -0.2) is 8.42 Å². The normalized spacial score (nSPS) is 14.1. The molecule has 5 rings (SSSR count). The van der Waals surface area contributed by atoms with E-state index in [9.17, 15) is 18.0 Å². The predicted molar refractivity (Wildman–Crippen MR) is 167 cm³/mol. The molecule has 1 aliphatic heterocycles. The average Bonchev–Trinajstić information content (AvgIpc) is 3.03. The number of halogens is 1. The third kappa shape index (κ3) is 7.42. The minimum absolute atomic E-state index is 0.00802. The number of para-hydroxylation sites is 2. The molecule has 4 aromatic rings. The molecule has 1 heterocycles. The molecule has 0 aliphatic carbocycles. The van der Waals surface area contributed by atoms with Gasteiger partial charge in [-0.2, -0.15) is 0 Å². The Bertz CT molecular complexity index is 1730. The van der Waals surface area contributed by atoms with Crippen LogP contribution in [0.15, 0.2) is 102 Å². The molecule has 0 radical (unpaired) electrons. The molecule has 1 aliphatic rings. The lowest BCUT2D eigenvalue weighted by molar-refractivity contribution is -0.128. The Morgan fingerprint density at radius 1 is 0.977 bits per heavy atom. The maximum Gasteiger partial charge on any atom is 0.265 e. The molecule has 2 amide bonds. The highest BCUT2D eigenvalue weighted by molar-refractivity contribution is 7.92. The van der Waals surface area contributed by atoms with Crippen molar-refractivity contribution in [2.45, 2.75) is 17.4 Å². The number of carbonyl (C=O) groups excluding carboxylic acids is 2. The van der Waals surface area contributed by atoms with Crippen LogP contribution in [0.25, 0.3) is 0 Å².